The minimum atomic E-state index is -4.65. The highest BCUT2D eigenvalue weighted by atomic mass is 35.5. The summed E-state index contributed by atoms with van der Waals surface area (Å²) in [6.45, 7) is 3.30. The van der Waals surface area contributed by atoms with Crippen LogP contribution in [-0.2, 0) is 21.8 Å². The Morgan fingerprint density at radius 3 is 1.84 bits per heavy atom. The van der Waals surface area contributed by atoms with Crippen LogP contribution in [0.3, 0.4) is 0 Å². The molecule has 2 heterocycles. The van der Waals surface area contributed by atoms with Crippen LogP contribution < -0.4 is 0 Å². The summed E-state index contributed by atoms with van der Waals surface area (Å²) in [5.74, 6) is -1.66. The van der Waals surface area contributed by atoms with E-state index in [0.717, 1.165) is 12.1 Å². The first kappa shape index (κ1) is 27.4. The minimum absolute atomic E-state index is 0.0696. The Kier molecular flexibility index (Phi) is 9.70. The molecule has 0 aliphatic heterocycles. The lowest BCUT2D eigenvalue weighted by molar-refractivity contribution is -0.142. The van der Waals surface area contributed by atoms with Crippen molar-refractivity contribution >= 4 is 35.1 Å². The zero-order valence-electron chi connectivity index (χ0n) is 16.3. The number of hydrogen-bond donors (Lipinski definition) is 0. The van der Waals surface area contributed by atoms with Gasteiger partial charge in [-0.15, -0.1) is 0 Å². The van der Waals surface area contributed by atoms with Crippen molar-refractivity contribution in [3.8, 4) is 0 Å². The standard InChI is InChI=1S/2C9H7ClF3NO2/c1-2-16-8(15)5-3-6(9(11,12)13)14-7(10)4-5;1-2-16-8(15)5-3-4-6(9(11,12)13)14-7(5)10/h2*3-4H,2H2,1H3. The van der Waals surface area contributed by atoms with Gasteiger partial charge in [0.25, 0.3) is 0 Å². The van der Waals surface area contributed by atoms with Gasteiger partial charge in [-0.25, -0.2) is 19.6 Å². The highest BCUT2D eigenvalue weighted by Crippen LogP contribution is 2.30. The predicted octanol–water partition coefficient (Wildman–Crippen LogP) is 5.86. The van der Waals surface area contributed by atoms with Crippen molar-refractivity contribution in [3.63, 3.8) is 0 Å². The molecule has 0 bridgehead atoms. The first-order chi connectivity index (χ1) is 14.7. The second-order valence-corrected chi connectivity index (χ2v) is 6.28. The van der Waals surface area contributed by atoms with E-state index in [4.69, 9.17) is 23.2 Å². The fourth-order valence-electron chi connectivity index (χ4n) is 1.93. The van der Waals surface area contributed by atoms with Crippen molar-refractivity contribution in [2.45, 2.75) is 26.2 Å². The van der Waals surface area contributed by atoms with Crippen LogP contribution in [0.5, 0.6) is 0 Å². The SMILES string of the molecule is CCOC(=O)c1cc(Cl)nc(C(F)(F)F)c1.CCOC(=O)c1ccc(C(F)(F)F)nc1Cl. The Morgan fingerprint density at radius 2 is 1.38 bits per heavy atom. The zero-order valence-corrected chi connectivity index (χ0v) is 17.8. The van der Waals surface area contributed by atoms with Crippen molar-refractivity contribution < 1.29 is 45.4 Å². The lowest BCUT2D eigenvalue weighted by Gasteiger charge is -2.08. The normalized spacial score (nSPS) is 11.3. The van der Waals surface area contributed by atoms with Gasteiger partial charge in [-0.2, -0.15) is 26.3 Å². The number of carbonyl (C=O) groups is 2. The number of rotatable bonds is 4. The van der Waals surface area contributed by atoms with Crippen LogP contribution in [0.15, 0.2) is 24.3 Å². The number of halogens is 8. The molecule has 0 spiro atoms. The number of pyridine rings is 2. The van der Waals surface area contributed by atoms with Gasteiger partial charge in [0.1, 0.15) is 21.7 Å². The molecule has 32 heavy (non-hydrogen) atoms. The molecule has 2 rings (SSSR count). The minimum Gasteiger partial charge on any atom is -0.462 e. The first-order valence-corrected chi connectivity index (χ1v) is 9.29. The van der Waals surface area contributed by atoms with Crippen molar-refractivity contribution in [1.82, 2.24) is 9.97 Å². The summed E-state index contributed by atoms with van der Waals surface area (Å²) in [6, 6.07) is 3.24. The third kappa shape index (κ3) is 8.15. The summed E-state index contributed by atoms with van der Waals surface area (Å²) in [5, 5.41) is -0.925. The highest BCUT2D eigenvalue weighted by molar-refractivity contribution is 6.32. The maximum absolute atomic E-state index is 12.3. The molecular formula is C18H14Cl2F6N2O4. The van der Waals surface area contributed by atoms with E-state index in [1.165, 1.54) is 0 Å². The molecule has 0 radical (unpaired) electrons. The number of aromatic nitrogens is 2. The van der Waals surface area contributed by atoms with Crippen LogP contribution in [0, 0.1) is 0 Å². The number of esters is 2. The molecule has 0 unspecified atom stereocenters. The zero-order chi connectivity index (χ0) is 24.7. The van der Waals surface area contributed by atoms with E-state index in [2.05, 4.69) is 19.4 Å². The molecule has 176 valence electrons. The molecule has 0 N–H and O–H groups in total. The van der Waals surface area contributed by atoms with Crippen molar-refractivity contribution in [1.29, 1.82) is 0 Å². The molecule has 0 aromatic carbocycles. The number of hydrogen-bond acceptors (Lipinski definition) is 6. The Bertz CT molecular complexity index is 967. The van der Waals surface area contributed by atoms with E-state index in [1.54, 1.807) is 13.8 Å². The van der Waals surface area contributed by atoms with Gasteiger partial charge < -0.3 is 9.47 Å². The van der Waals surface area contributed by atoms with E-state index >= 15 is 0 Å². The monoisotopic (exact) mass is 506 g/mol. The van der Waals surface area contributed by atoms with Gasteiger partial charge >= 0.3 is 24.3 Å². The average Bonchev–Trinajstić information content (AvgIpc) is 2.67. The van der Waals surface area contributed by atoms with E-state index in [-0.39, 0.29) is 24.3 Å². The Hall–Kier alpha value is -2.60. The van der Waals surface area contributed by atoms with E-state index in [1.807, 2.05) is 0 Å². The highest BCUT2D eigenvalue weighted by Gasteiger charge is 2.34. The third-order valence-corrected chi connectivity index (χ3v) is 3.71. The van der Waals surface area contributed by atoms with Crippen LogP contribution >= 0.6 is 23.2 Å². The van der Waals surface area contributed by atoms with Crippen LogP contribution in [-0.4, -0.2) is 35.1 Å². The van der Waals surface area contributed by atoms with Gasteiger partial charge in [-0.1, -0.05) is 23.2 Å². The first-order valence-electron chi connectivity index (χ1n) is 8.53. The van der Waals surface area contributed by atoms with Gasteiger partial charge in [0.15, 0.2) is 0 Å². The quantitative estimate of drug-likeness (QED) is 0.293. The molecular weight excluding hydrogens is 493 g/mol. The second-order valence-electron chi connectivity index (χ2n) is 5.54. The van der Waals surface area contributed by atoms with Crippen molar-refractivity contribution in [3.05, 3.63) is 57.1 Å². The maximum atomic E-state index is 12.3. The Labute approximate surface area is 187 Å². The van der Waals surface area contributed by atoms with Gasteiger partial charge in [-0.05, 0) is 38.1 Å². The molecule has 2 aromatic rings. The maximum Gasteiger partial charge on any atom is 0.433 e. The van der Waals surface area contributed by atoms with Crippen LogP contribution in [0.4, 0.5) is 26.3 Å². The predicted molar refractivity (Wildman–Crippen MR) is 100 cm³/mol. The lowest BCUT2D eigenvalue weighted by atomic mass is 10.2. The number of nitrogens with zero attached hydrogens (tertiary/aromatic N) is 2. The molecule has 0 aliphatic carbocycles. The molecule has 0 saturated heterocycles. The molecule has 0 aliphatic rings. The molecule has 6 nitrogen and oxygen atoms in total. The lowest BCUT2D eigenvalue weighted by Crippen LogP contribution is -2.12. The summed E-state index contributed by atoms with van der Waals surface area (Å²) < 4.78 is 82.8. The fraction of sp³-hybridized carbons (Fsp3) is 0.333. The Morgan fingerprint density at radius 1 is 0.844 bits per heavy atom. The summed E-state index contributed by atoms with van der Waals surface area (Å²) >= 11 is 10.8. The Balaban J connectivity index is 0.000000320. The van der Waals surface area contributed by atoms with E-state index in [9.17, 15) is 35.9 Å². The van der Waals surface area contributed by atoms with Crippen LogP contribution in [0.25, 0.3) is 0 Å². The molecule has 2 aromatic heterocycles. The summed E-state index contributed by atoms with van der Waals surface area (Å²) in [5.41, 5.74) is -2.82. The molecule has 0 amide bonds. The summed E-state index contributed by atoms with van der Waals surface area (Å²) in [4.78, 5) is 28.6. The molecule has 14 heteroatoms. The summed E-state index contributed by atoms with van der Waals surface area (Å²) in [7, 11) is 0. The van der Waals surface area contributed by atoms with Crippen molar-refractivity contribution in [2.24, 2.45) is 0 Å². The summed E-state index contributed by atoms with van der Waals surface area (Å²) in [6.07, 6.45) is -9.23. The number of alkyl halides is 6. The number of ether oxygens (including phenoxy) is 2. The molecule has 0 atom stereocenters. The van der Waals surface area contributed by atoms with E-state index < -0.39 is 46.0 Å². The topological polar surface area (TPSA) is 78.4 Å². The largest absolute Gasteiger partial charge is 0.462 e. The fourth-order valence-corrected chi connectivity index (χ4v) is 2.37. The third-order valence-electron chi connectivity index (χ3n) is 3.23. The number of carbonyl (C=O) groups excluding carboxylic acids is 2. The second kappa shape index (κ2) is 11.3. The van der Waals surface area contributed by atoms with Gasteiger partial charge in [0.2, 0.25) is 0 Å². The molecule has 0 fully saturated rings. The molecule has 0 saturated carbocycles. The van der Waals surface area contributed by atoms with Crippen molar-refractivity contribution in [2.75, 3.05) is 13.2 Å². The van der Waals surface area contributed by atoms with Gasteiger partial charge in [-0.3, -0.25) is 0 Å². The van der Waals surface area contributed by atoms with Crippen LogP contribution in [0.2, 0.25) is 10.3 Å². The smallest absolute Gasteiger partial charge is 0.433 e. The van der Waals surface area contributed by atoms with E-state index in [0.29, 0.717) is 12.1 Å². The van der Waals surface area contributed by atoms with Gasteiger partial charge in [0, 0.05) is 0 Å². The van der Waals surface area contributed by atoms with Crippen LogP contribution in [0.1, 0.15) is 46.0 Å². The van der Waals surface area contributed by atoms with Gasteiger partial charge in [0.05, 0.1) is 24.3 Å². The average molecular weight is 507 g/mol.